The predicted octanol–water partition coefficient (Wildman–Crippen LogP) is 7.33. The quantitative estimate of drug-likeness (QED) is 0.258. The fraction of sp³-hybridized carbons (Fsp3) is 0.0741. The third-order valence-corrected chi connectivity index (χ3v) is 6.59. The second kappa shape index (κ2) is 11.3. The van der Waals surface area contributed by atoms with E-state index < -0.39 is 0 Å². The number of halogens is 2. The first-order valence-corrected chi connectivity index (χ1v) is 12.2. The van der Waals surface area contributed by atoms with Crippen LogP contribution in [-0.4, -0.2) is 23.8 Å². The van der Waals surface area contributed by atoms with E-state index in [-0.39, 0.29) is 11.7 Å². The zero-order chi connectivity index (χ0) is 24.8. The first kappa shape index (κ1) is 24.6. The Hall–Kier alpha value is -3.50. The lowest BCUT2D eigenvalue weighted by Gasteiger charge is -2.13. The SMILES string of the molecule is COc1ccc(-c2cc(-c3ccc(Cl)cc3)c(C#N)c(SCC(=O)Nc3ccc(Cl)cc3)n2)cc1. The number of ether oxygens (including phenoxy) is 1. The number of benzene rings is 3. The maximum absolute atomic E-state index is 12.6. The monoisotopic (exact) mass is 519 g/mol. The highest BCUT2D eigenvalue weighted by Crippen LogP contribution is 2.35. The van der Waals surface area contributed by atoms with E-state index in [0.29, 0.717) is 37.6 Å². The number of thioether (sulfide) groups is 1. The maximum atomic E-state index is 12.6. The Bertz CT molecular complexity index is 1380. The molecular formula is C27H19Cl2N3O2S. The fourth-order valence-electron chi connectivity index (χ4n) is 3.37. The number of nitrogens with one attached hydrogen (secondary N) is 1. The van der Waals surface area contributed by atoms with Crippen LogP contribution in [0.25, 0.3) is 22.4 Å². The molecule has 0 aliphatic carbocycles. The number of nitrogens with zero attached hydrogens (tertiary/aromatic N) is 2. The van der Waals surface area contributed by atoms with E-state index in [4.69, 9.17) is 32.9 Å². The Labute approximate surface area is 217 Å². The molecule has 0 spiro atoms. The standard InChI is InChI=1S/C27H19Cl2N3O2S/c1-34-22-12-4-18(5-13-22)25-14-23(17-2-6-19(28)7-3-17)24(15-30)27(32-25)35-16-26(33)31-21-10-8-20(29)9-11-21/h2-14H,16H2,1H3,(H,31,33). The van der Waals surface area contributed by atoms with Crippen molar-refractivity contribution in [1.29, 1.82) is 5.26 Å². The predicted molar refractivity (Wildman–Crippen MR) is 142 cm³/mol. The van der Waals surface area contributed by atoms with Gasteiger partial charge >= 0.3 is 0 Å². The molecule has 0 fully saturated rings. The molecule has 3 aromatic carbocycles. The number of nitriles is 1. The smallest absolute Gasteiger partial charge is 0.234 e. The fourth-order valence-corrected chi connectivity index (χ4v) is 4.42. The van der Waals surface area contributed by atoms with Crippen LogP contribution in [0, 0.1) is 11.3 Å². The molecule has 4 rings (SSSR count). The van der Waals surface area contributed by atoms with Gasteiger partial charge in [0.05, 0.1) is 24.1 Å². The molecule has 0 unspecified atom stereocenters. The van der Waals surface area contributed by atoms with Gasteiger partial charge in [-0.15, -0.1) is 0 Å². The Kier molecular flexibility index (Phi) is 7.94. The van der Waals surface area contributed by atoms with Crippen molar-refractivity contribution in [3.8, 4) is 34.2 Å². The number of methoxy groups -OCH3 is 1. The van der Waals surface area contributed by atoms with Gasteiger partial charge in [-0.05, 0) is 72.3 Å². The van der Waals surface area contributed by atoms with Crippen LogP contribution in [0.15, 0.2) is 83.9 Å². The molecule has 35 heavy (non-hydrogen) atoms. The van der Waals surface area contributed by atoms with Gasteiger partial charge in [-0.3, -0.25) is 4.79 Å². The van der Waals surface area contributed by atoms with Crippen LogP contribution >= 0.6 is 35.0 Å². The van der Waals surface area contributed by atoms with Crippen LogP contribution in [0.3, 0.4) is 0 Å². The Morgan fingerprint density at radius 3 is 2.17 bits per heavy atom. The molecule has 4 aromatic rings. The van der Waals surface area contributed by atoms with E-state index in [1.165, 1.54) is 11.8 Å². The summed E-state index contributed by atoms with van der Waals surface area (Å²) >= 11 is 13.2. The summed E-state index contributed by atoms with van der Waals surface area (Å²) in [5.74, 6) is 0.593. The average molecular weight is 520 g/mol. The van der Waals surface area contributed by atoms with Gasteiger partial charge in [-0.25, -0.2) is 4.98 Å². The molecule has 5 nitrogen and oxygen atoms in total. The normalized spacial score (nSPS) is 10.5. The minimum Gasteiger partial charge on any atom is -0.497 e. The lowest BCUT2D eigenvalue weighted by Crippen LogP contribution is -2.14. The summed E-state index contributed by atoms with van der Waals surface area (Å²) in [6.07, 6.45) is 0. The van der Waals surface area contributed by atoms with Crippen LogP contribution in [0.5, 0.6) is 5.75 Å². The molecule has 1 heterocycles. The van der Waals surface area contributed by atoms with Crippen LogP contribution < -0.4 is 10.1 Å². The summed E-state index contributed by atoms with van der Waals surface area (Å²) in [6.45, 7) is 0. The number of hydrogen-bond donors (Lipinski definition) is 1. The minimum atomic E-state index is -0.217. The summed E-state index contributed by atoms with van der Waals surface area (Å²) in [7, 11) is 1.61. The van der Waals surface area contributed by atoms with Crippen molar-refractivity contribution < 1.29 is 9.53 Å². The van der Waals surface area contributed by atoms with Crippen molar-refractivity contribution >= 4 is 46.6 Å². The van der Waals surface area contributed by atoms with Crippen LogP contribution in [0.2, 0.25) is 10.0 Å². The molecular weight excluding hydrogens is 501 g/mol. The lowest BCUT2D eigenvalue weighted by molar-refractivity contribution is -0.113. The van der Waals surface area contributed by atoms with Crippen LogP contribution in [0.1, 0.15) is 5.56 Å². The van der Waals surface area contributed by atoms with Crippen molar-refractivity contribution in [2.45, 2.75) is 5.03 Å². The molecule has 0 radical (unpaired) electrons. The summed E-state index contributed by atoms with van der Waals surface area (Å²) < 4.78 is 5.26. The van der Waals surface area contributed by atoms with Gasteiger partial charge < -0.3 is 10.1 Å². The molecule has 174 valence electrons. The zero-order valence-electron chi connectivity index (χ0n) is 18.6. The molecule has 1 amide bonds. The number of aromatic nitrogens is 1. The summed E-state index contributed by atoms with van der Waals surface area (Å²) in [5, 5.41) is 14.5. The van der Waals surface area contributed by atoms with E-state index in [9.17, 15) is 10.1 Å². The van der Waals surface area contributed by atoms with Crippen LogP contribution in [0.4, 0.5) is 5.69 Å². The van der Waals surface area contributed by atoms with Crippen molar-refractivity contribution in [3.05, 3.63) is 94.5 Å². The van der Waals surface area contributed by atoms with Gasteiger partial charge in [0, 0.05) is 26.9 Å². The highest BCUT2D eigenvalue weighted by Gasteiger charge is 2.17. The number of carbonyl (C=O) groups excluding carboxylic acids is 1. The van der Waals surface area contributed by atoms with Crippen molar-refractivity contribution in [1.82, 2.24) is 4.98 Å². The van der Waals surface area contributed by atoms with E-state index >= 15 is 0 Å². The average Bonchev–Trinajstić information content (AvgIpc) is 2.88. The molecule has 1 aromatic heterocycles. The first-order valence-electron chi connectivity index (χ1n) is 10.5. The van der Waals surface area contributed by atoms with Gasteiger partial charge in [0.15, 0.2) is 0 Å². The van der Waals surface area contributed by atoms with E-state index in [2.05, 4.69) is 11.4 Å². The van der Waals surface area contributed by atoms with Gasteiger partial charge in [0.25, 0.3) is 0 Å². The van der Waals surface area contributed by atoms with Crippen molar-refractivity contribution in [2.24, 2.45) is 0 Å². The number of pyridine rings is 1. The summed E-state index contributed by atoms with van der Waals surface area (Å²) in [5.41, 5.74) is 4.12. The molecule has 0 atom stereocenters. The van der Waals surface area contributed by atoms with Gasteiger partial charge in [-0.2, -0.15) is 5.26 Å². The molecule has 8 heteroatoms. The highest BCUT2D eigenvalue weighted by atomic mass is 35.5. The van der Waals surface area contributed by atoms with E-state index in [0.717, 1.165) is 16.9 Å². The number of rotatable bonds is 7. The topological polar surface area (TPSA) is 75.0 Å². The molecule has 0 aliphatic rings. The van der Waals surface area contributed by atoms with Gasteiger partial charge in [-0.1, -0.05) is 47.1 Å². The lowest BCUT2D eigenvalue weighted by atomic mass is 9.99. The summed E-state index contributed by atoms with van der Waals surface area (Å²) in [6, 6.07) is 25.8. The number of anilines is 1. The largest absolute Gasteiger partial charge is 0.497 e. The second-order valence-corrected chi connectivity index (χ2v) is 9.26. The number of amides is 1. The molecule has 0 bridgehead atoms. The minimum absolute atomic E-state index is 0.0798. The number of hydrogen-bond acceptors (Lipinski definition) is 5. The highest BCUT2D eigenvalue weighted by molar-refractivity contribution is 8.00. The van der Waals surface area contributed by atoms with E-state index in [1.54, 1.807) is 43.5 Å². The first-order chi connectivity index (χ1) is 17.0. The van der Waals surface area contributed by atoms with Crippen molar-refractivity contribution in [2.75, 3.05) is 18.2 Å². The Morgan fingerprint density at radius 2 is 1.57 bits per heavy atom. The van der Waals surface area contributed by atoms with Gasteiger partial charge in [0.2, 0.25) is 5.91 Å². The number of carbonyl (C=O) groups is 1. The Balaban J connectivity index is 1.69. The zero-order valence-corrected chi connectivity index (χ0v) is 20.9. The molecule has 0 saturated carbocycles. The molecule has 1 N–H and O–H groups in total. The molecule has 0 saturated heterocycles. The summed E-state index contributed by atoms with van der Waals surface area (Å²) in [4.78, 5) is 17.3. The molecule has 0 aliphatic heterocycles. The third-order valence-electron chi connectivity index (χ3n) is 5.11. The Morgan fingerprint density at radius 1 is 0.971 bits per heavy atom. The van der Waals surface area contributed by atoms with Crippen molar-refractivity contribution in [3.63, 3.8) is 0 Å². The van der Waals surface area contributed by atoms with E-state index in [1.807, 2.05) is 42.5 Å². The van der Waals surface area contributed by atoms with Crippen LogP contribution in [-0.2, 0) is 4.79 Å². The third kappa shape index (κ3) is 6.14. The second-order valence-electron chi connectivity index (χ2n) is 7.43. The van der Waals surface area contributed by atoms with Gasteiger partial charge in [0.1, 0.15) is 16.8 Å². The maximum Gasteiger partial charge on any atom is 0.234 e.